The molecule has 1 aliphatic rings. The van der Waals surface area contributed by atoms with Crippen LogP contribution in [0, 0.1) is 13.8 Å². The van der Waals surface area contributed by atoms with Gasteiger partial charge in [-0.3, -0.25) is 9.69 Å². The maximum absolute atomic E-state index is 12.2. The second kappa shape index (κ2) is 6.21. The van der Waals surface area contributed by atoms with Gasteiger partial charge < -0.3 is 5.32 Å². The van der Waals surface area contributed by atoms with E-state index in [1.54, 1.807) is 0 Å². The second-order valence-corrected chi connectivity index (χ2v) is 4.89. The molecule has 0 saturated carbocycles. The molecule has 0 unspecified atom stereocenters. The van der Waals surface area contributed by atoms with Crippen molar-refractivity contribution >= 4 is 24.0 Å². The predicted molar refractivity (Wildman–Crippen MR) is 77.4 cm³/mol. The number of hydrogen-bond acceptors (Lipinski definition) is 2. The molecule has 1 aromatic rings. The van der Waals surface area contributed by atoms with Crippen molar-refractivity contribution in [1.29, 1.82) is 0 Å². The molecule has 2 rings (SSSR count). The van der Waals surface area contributed by atoms with Gasteiger partial charge in [0.2, 0.25) is 5.91 Å². The molecule has 0 radical (unpaired) electrons. The van der Waals surface area contributed by atoms with Crippen LogP contribution in [0.25, 0.3) is 0 Å². The van der Waals surface area contributed by atoms with E-state index in [-0.39, 0.29) is 24.4 Å². The molecule has 3 nitrogen and oxygen atoms in total. The topological polar surface area (TPSA) is 32.3 Å². The van der Waals surface area contributed by atoms with Crippen LogP contribution in [0.15, 0.2) is 18.2 Å². The average Bonchev–Trinajstić information content (AvgIpc) is 2.70. The SMILES string of the molecule is Cc1cccc(C)c1NC(=O)[C@H]1CCCN1C.Cl. The third-order valence-corrected chi connectivity index (χ3v) is 3.55. The highest BCUT2D eigenvalue weighted by atomic mass is 35.5. The molecule has 1 atom stereocenters. The number of likely N-dealkylation sites (tertiary alicyclic amines) is 1. The summed E-state index contributed by atoms with van der Waals surface area (Å²) in [6.45, 7) is 5.08. The van der Waals surface area contributed by atoms with E-state index >= 15 is 0 Å². The number of benzene rings is 1. The zero-order valence-corrected chi connectivity index (χ0v) is 12.0. The molecule has 0 aromatic heterocycles. The first kappa shape index (κ1) is 15.0. The third-order valence-electron chi connectivity index (χ3n) is 3.55. The number of carbonyl (C=O) groups excluding carboxylic acids is 1. The van der Waals surface area contributed by atoms with E-state index in [1.807, 2.05) is 39.1 Å². The van der Waals surface area contributed by atoms with E-state index in [2.05, 4.69) is 10.2 Å². The third kappa shape index (κ3) is 3.03. The number of carbonyl (C=O) groups is 1. The smallest absolute Gasteiger partial charge is 0.241 e. The Morgan fingerprint density at radius 3 is 2.44 bits per heavy atom. The number of nitrogens with one attached hydrogen (secondary N) is 1. The van der Waals surface area contributed by atoms with Crippen molar-refractivity contribution < 1.29 is 4.79 Å². The van der Waals surface area contributed by atoms with E-state index < -0.39 is 0 Å². The Morgan fingerprint density at radius 1 is 1.33 bits per heavy atom. The Morgan fingerprint density at radius 2 is 1.94 bits per heavy atom. The van der Waals surface area contributed by atoms with E-state index in [4.69, 9.17) is 0 Å². The van der Waals surface area contributed by atoms with Crippen LogP contribution in [0.4, 0.5) is 5.69 Å². The molecule has 1 fully saturated rings. The number of anilines is 1. The Kier molecular flexibility index (Phi) is 5.17. The van der Waals surface area contributed by atoms with Crippen LogP contribution in [-0.2, 0) is 4.79 Å². The molecule has 4 heteroatoms. The first-order chi connectivity index (χ1) is 8.09. The maximum atomic E-state index is 12.2. The summed E-state index contributed by atoms with van der Waals surface area (Å²) in [5, 5.41) is 3.07. The summed E-state index contributed by atoms with van der Waals surface area (Å²) >= 11 is 0. The summed E-state index contributed by atoms with van der Waals surface area (Å²) in [6, 6.07) is 6.11. The van der Waals surface area contributed by atoms with E-state index in [0.29, 0.717) is 0 Å². The standard InChI is InChI=1S/C14H20N2O.ClH/c1-10-6-4-7-11(2)13(10)15-14(17)12-8-5-9-16(12)3;/h4,6-7,12H,5,8-9H2,1-3H3,(H,15,17);1H/t12-;/m1./s1. The summed E-state index contributed by atoms with van der Waals surface area (Å²) < 4.78 is 0. The lowest BCUT2D eigenvalue weighted by Gasteiger charge is -2.20. The fraction of sp³-hybridized carbons (Fsp3) is 0.500. The minimum atomic E-state index is 0. The molecule has 1 heterocycles. The van der Waals surface area contributed by atoms with Gasteiger partial charge in [0.15, 0.2) is 0 Å². The molecule has 18 heavy (non-hydrogen) atoms. The van der Waals surface area contributed by atoms with Gasteiger partial charge in [0, 0.05) is 5.69 Å². The average molecular weight is 269 g/mol. The predicted octanol–water partition coefficient (Wildman–Crippen LogP) is 2.76. The fourth-order valence-corrected chi connectivity index (χ4v) is 2.46. The van der Waals surface area contributed by atoms with Crippen molar-refractivity contribution in [2.24, 2.45) is 0 Å². The molecule has 0 spiro atoms. The minimum Gasteiger partial charge on any atom is -0.324 e. The van der Waals surface area contributed by atoms with Crippen molar-refractivity contribution in [3.63, 3.8) is 0 Å². The highest BCUT2D eigenvalue weighted by Crippen LogP contribution is 2.22. The maximum Gasteiger partial charge on any atom is 0.241 e. The van der Waals surface area contributed by atoms with Crippen molar-refractivity contribution in [1.82, 2.24) is 4.90 Å². The second-order valence-electron chi connectivity index (χ2n) is 4.89. The number of rotatable bonds is 2. The lowest BCUT2D eigenvalue weighted by Crippen LogP contribution is -2.37. The summed E-state index contributed by atoms with van der Waals surface area (Å²) in [5.41, 5.74) is 3.22. The van der Waals surface area contributed by atoms with Crippen molar-refractivity contribution in [3.8, 4) is 0 Å². The quantitative estimate of drug-likeness (QED) is 0.895. The Bertz CT molecular complexity index is 414. The Balaban J connectivity index is 0.00000162. The first-order valence-electron chi connectivity index (χ1n) is 6.17. The first-order valence-corrected chi connectivity index (χ1v) is 6.17. The van der Waals surface area contributed by atoms with E-state index in [9.17, 15) is 4.79 Å². The number of aryl methyl sites for hydroxylation is 2. The number of likely N-dealkylation sites (N-methyl/N-ethyl adjacent to an activating group) is 1. The number of halogens is 1. The van der Waals surface area contributed by atoms with Crippen molar-refractivity contribution in [2.45, 2.75) is 32.7 Å². The monoisotopic (exact) mass is 268 g/mol. The van der Waals surface area contributed by atoms with E-state index in [1.165, 1.54) is 0 Å². The fourth-order valence-electron chi connectivity index (χ4n) is 2.46. The number of para-hydroxylation sites is 1. The van der Waals surface area contributed by atoms with E-state index in [0.717, 1.165) is 36.2 Å². The summed E-state index contributed by atoms with van der Waals surface area (Å²) in [4.78, 5) is 14.3. The van der Waals surface area contributed by atoms with Gasteiger partial charge >= 0.3 is 0 Å². The summed E-state index contributed by atoms with van der Waals surface area (Å²) in [6.07, 6.45) is 2.08. The minimum absolute atomic E-state index is 0. The van der Waals surface area contributed by atoms with Gasteiger partial charge in [-0.05, 0) is 51.4 Å². The van der Waals surface area contributed by atoms with Gasteiger partial charge in [-0.1, -0.05) is 18.2 Å². The van der Waals surface area contributed by atoms with Crippen LogP contribution in [0.1, 0.15) is 24.0 Å². The zero-order chi connectivity index (χ0) is 12.4. The summed E-state index contributed by atoms with van der Waals surface area (Å²) in [7, 11) is 2.02. The van der Waals surface area contributed by atoms with Gasteiger partial charge in [-0.2, -0.15) is 0 Å². The molecular weight excluding hydrogens is 248 g/mol. The number of amides is 1. The zero-order valence-electron chi connectivity index (χ0n) is 11.2. The molecule has 0 bridgehead atoms. The van der Waals surface area contributed by atoms with Crippen LogP contribution in [0.5, 0.6) is 0 Å². The number of nitrogens with zero attached hydrogens (tertiary/aromatic N) is 1. The van der Waals surface area contributed by atoms with Gasteiger partial charge in [-0.25, -0.2) is 0 Å². The molecule has 1 aromatic carbocycles. The van der Waals surface area contributed by atoms with Gasteiger partial charge in [0.05, 0.1) is 6.04 Å². The molecule has 1 aliphatic heterocycles. The Labute approximate surface area is 115 Å². The van der Waals surface area contributed by atoms with Gasteiger partial charge in [0.25, 0.3) is 0 Å². The molecule has 1 saturated heterocycles. The molecule has 1 amide bonds. The van der Waals surface area contributed by atoms with Crippen LogP contribution in [0.3, 0.4) is 0 Å². The molecule has 1 N–H and O–H groups in total. The lowest BCUT2D eigenvalue weighted by atomic mass is 10.1. The summed E-state index contributed by atoms with van der Waals surface area (Å²) in [5.74, 6) is 0.127. The van der Waals surface area contributed by atoms with Crippen LogP contribution in [-0.4, -0.2) is 30.4 Å². The molecular formula is C14H21ClN2O. The normalized spacial score (nSPS) is 19.4. The van der Waals surface area contributed by atoms with Crippen molar-refractivity contribution in [2.75, 3.05) is 18.9 Å². The highest BCUT2D eigenvalue weighted by Gasteiger charge is 2.28. The van der Waals surface area contributed by atoms with Gasteiger partial charge in [-0.15, -0.1) is 12.4 Å². The van der Waals surface area contributed by atoms with Crippen LogP contribution in [0.2, 0.25) is 0 Å². The highest BCUT2D eigenvalue weighted by molar-refractivity contribution is 5.96. The lowest BCUT2D eigenvalue weighted by molar-refractivity contribution is -0.119. The van der Waals surface area contributed by atoms with Crippen LogP contribution >= 0.6 is 12.4 Å². The number of hydrogen-bond donors (Lipinski definition) is 1. The van der Waals surface area contributed by atoms with Crippen molar-refractivity contribution in [3.05, 3.63) is 29.3 Å². The largest absolute Gasteiger partial charge is 0.324 e. The Hall–Kier alpha value is -1.06. The molecule has 100 valence electrons. The molecule has 0 aliphatic carbocycles. The van der Waals surface area contributed by atoms with Crippen LogP contribution < -0.4 is 5.32 Å². The van der Waals surface area contributed by atoms with Gasteiger partial charge in [0.1, 0.15) is 0 Å².